The zero-order valence-electron chi connectivity index (χ0n) is 26.9. The molecule has 0 N–H and O–H groups in total. The van der Waals surface area contributed by atoms with Gasteiger partial charge in [0.15, 0.2) is 0 Å². The molecular formula is C40H26F8O3S. The van der Waals surface area contributed by atoms with Crippen molar-refractivity contribution in [1.82, 2.24) is 0 Å². The maximum Gasteiger partial charge on any atom is 0.449 e. The molecule has 12 heteroatoms. The minimum absolute atomic E-state index is 0.216. The molecule has 0 aromatic heterocycles. The minimum atomic E-state index is -7.03. The zero-order chi connectivity index (χ0) is 37.3. The highest BCUT2D eigenvalue weighted by Crippen LogP contribution is 2.58. The van der Waals surface area contributed by atoms with Gasteiger partial charge in [0.25, 0.3) is 0 Å². The number of alkyl halides is 8. The highest BCUT2D eigenvalue weighted by atomic mass is 32.2. The molecule has 1 aliphatic carbocycles. The van der Waals surface area contributed by atoms with E-state index in [4.69, 9.17) is 0 Å². The van der Waals surface area contributed by atoms with Crippen molar-refractivity contribution in [1.29, 1.82) is 0 Å². The Morgan fingerprint density at radius 2 is 1.06 bits per heavy atom. The molecule has 0 saturated carbocycles. The van der Waals surface area contributed by atoms with Crippen LogP contribution in [0, 0.1) is 0 Å². The third-order valence-corrected chi connectivity index (χ3v) is 10.7. The summed E-state index contributed by atoms with van der Waals surface area (Å²) in [6.07, 6.45) is 0. The van der Waals surface area contributed by atoms with Gasteiger partial charge in [-0.25, -0.2) is 0 Å². The van der Waals surface area contributed by atoms with Crippen LogP contribution in [-0.2, 0) is 15.5 Å². The van der Waals surface area contributed by atoms with Gasteiger partial charge in [-0.2, -0.15) is 43.5 Å². The first-order valence-corrected chi connectivity index (χ1v) is 17.2. The first-order chi connectivity index (χ1) is 24.4. The number of benzene rings is 6. The van der Waals surface area contributed by atoms with Crippen molar-refractivity contribution < 1.29 is 47.7 Å². The summed E-state index contributed by atoms with van der Waals surface area (Å²) in [5.74, 6) is -20.4. The van der Waals surface area contributed by atoms with Gasteiger partial charge >= 0.3 is 33.1 Å². The molecule has 0 radical (unpaired) electrons. The normalized spacial score (nSPS) is 14.6. The molecule has 6 aromatic carbocycles. The second-order valence-electron chi connectivity index (χ2n) is 12.6. The lowest BCUT2D eigenvalue weighted by atomic mass is 9.67. The van der Waals surface area contributed by atoms with Crippen molar-refractivity contribution in [3.05, 3.63) is 162 Å². The first-order valence-electron chi connectivity index (χ1n) is 15.8. The Labute approximate surface area is 293 Å². The van der Waals surface area contributed by atoms with Gasteiger partial charge in [-0.05, 0) is 73.5 Å². The average molecular weight is 739 g/mol. The predicted octanol–water partition coefficient (Wildman–Crippen LogP) is 11.1. The molecule has 0 heterocycles. The van der Waals surface area contributed by atoms with Gasteiger partial charge in [-0.3, -0.25) is 0 Å². The minimum Gasteiger partial charge on any atom is -0.378 e. The SMILES string of the molecule is CC(F)(F)C(F)(F)C(F)(F)C(F)(F)S(=O)(=O)Oc1ccc2cc(-c3cccc4c3-c3ccccc3C4(c3ccccc3)c3ccccc3)ccc2c1. The van der Waals surface area contributed by atoms with Crippen LogP contribution in [-0.4, -0.2) is 31.4 Å². The van der Waals surface area contributed by atoms with Gasteiger partial charge in [-0.15, -0.1) is 0 Å². The van der Waals surface area contributed by atoms with Crippen molar-refractivity contribution in [2.24, 2.45) is 0 Å². The molecule has 52 heavy (non-hydrogen) atoms. The van der Waals surface area contributed by atoms with E-state index >= 15 is 0 Å². The Bertz CT molecular complexity index is 2390. The number of hydrogen-bond donors (Lipinski definition) is 0. The van der Waals surface area contributed by atoms with Crippen LogP contribution >= 0.6 is 0 Å². The molecule has 1 aliphatic rings. The fourth-order valence-corrected chi connectivity index (χ4v) is 7.88. The van der Waals surface area contributed by atoms with E-state index in [2.05, 4.69) is 40.6 Å². The molecule has 0 spiro atoms. The van der Waals surface area contributed by atoms with Crippen molar-refractivity contribution >= 4 is 20.9 Å². The standard InChI is InChI=1S/C40H26F8O3S/c1-36(41,42)38(43,44)39(45,46)40(47,48)52(49,50)51-30-22-21-25-23-27(20-19-26(25)24-30)31-16-10-18-34-35(31)32-15-8-9-17-33(32)37(34,28-11-4-2-5-12-28)29-13-6-3-7-14-29/h2-24H,1H3. The zero-order valence-corrected chi connectivity index (χ0v) is 27.8. The summed E-state index contributed by atoms with van der Waals surface area (Å²) in [5, 5.41) is -6.06. The highest BCUT2D eigenvalue weighted by molar-refractivity contribution is 7.88. The van der Waals surface area contributed by atoms with E-state index in [0.29, 0.717) is 5.39 Å². The quantitative estimate of drug-likeness (QED) is 0.109. The Morgan fingerprint density at radius 3 is 1.67 bits per heavy atom. The summed E-state index contributed by atoms with van der Waals surface area (Å²) in [6.45, 7) is -0.729. The molecule has 0 bridgehead atoms. The lowest BCUT2D eigenvalue weighted by Crippen LogP contribution is -2.64. The fourth-order valence-electron chi connectivity index (χ4n) is 6.97. The molecule has 3 nitrogen and oxygen atoms in total. The van der Waals surface area contributed by atoms with Crippen LogP contribution in [0.1, 0.15) is 29.2 Å². The summed E-state index contributed by atoms with van der Waals surface area (Å²) in [6, 6.07) is 42.3. The van der Waals surface area contributed by atoms with E-state index in [9.17, 15) is 43.5 Å². The van der Waals surface area contributed by atoms with E-state index < -0.39 is 51.2 Å². The van der Waals surface area contributed by atoms with Crippen LogP contribution in [0.4, 0.5) is 35.1 Å². The number of hydrogen-bond acceptors (Lipinski definition) is 3. The van der Waals surface area contributed by atoms with Gasteiger partial charge in [0.2, 0.25) is 0 Å². The van der Waals surface area contributed by atoms with E-state index in [-0.39, 0.29) is 5.39 Å². The van der Waals surface area contributed by atoms with Crippen LogP contribution in [0.5, 0.6) is 5.75 Å². The third kappa shape index (κ3) is 5.02. The van der Waals surface area contributed by atoms with Gasteiger partial charge in [0.05, 0.1) is 5.41 Å². The second kappa shape index (κ2) is 11.9. The molecule has 7 rings (SSSR count). The van der Waals surface area contributed by atoms with Gasteiger partial charge < -0.3 is 4.18 Å². The monoisotopic (exact) mass is 738 g/mol. The Kier molecular flexibility index (Phi) is 8.06. The smallest absolute Gasteiger partial charge is 0.378 e. The van der Waals surface area contributed by atoms with Gasteiger partial charge in [0, 0.05) is 6.92 Å². The third-order valence-electron chi connectivity index (χ3n) is 9.44. The molecule has 0 saturated heterocycles. The van der Waals surface area contributed by atoms with Crippen molar-refractivity contribution in [2.75, 3.05) is 0 Å². The lowest BCUT2D eigenvalue weighted by molar-refractivity contribution is -0.343. The van der Waals surface area contributed by atoms with Crippen LogP contribution < -0.4 is 4.18 Å². The Morgan fingerprint density at radius 1 is 0.538 bits per heavy atom. The number of fused-ring (bicyclic) bond motifs is 4. The molecule has 6 aromatic rings. The maximum absolute atomic E-state index is 14.5. The van der Waals surface area contributed by atoms with E-state index in [0.717, 1.165) is 56.6 Å². The summed E-state index contributed by atoms with van der Waals surface area (Å²) in [7, 11) is -6.92. The van der Waals surface area contributed by atoms with Crippen molar-refractivity contribution in [3.63, 3.8) is 0 Å². The lowest BCUT2D eigenvalue weighted by Gasteiger charge is -2.34. The largest absolute Gasteiger partial charge is 0.449 e. The van der Waals surface area contributed by atoms with Gasteiger partial charge in [0.1, 0.15) is 5.75 Å². The van der Waals surface area contributed by atoms with E-state index in [1.807, 2.05) is 66.7 Å². The highest BCUT2D eigenvalue weighted by Gasteiger charge is 2.84. The fraction of sp³-hybridized carbons (Fsp3) is 0.150. The van der Waals surface area contributed by atoms with Crippen LogP contribution in [0.3, 0.4) is 0 Å². The molecule has 0 atom stereocenters. The van der Waals surface area contributed by atoms with E-state index in [1.165, 1.54) is 12.1 Å². The summed E-state index contributed by atoms with van der Waals surface area (Å²) >= 11 is 0. The molecule has 0 amide bonds. The molecule has 266 valence electrons. The Hall–Kier alpha value is -5.23. The summed E-state index contributed by atoms with van der Waals surface area (Å²) < 4.78 is 140. The molecule has 0 fully saturated rings. The van der Waals surface area contributed by atoms with Crippen molar-refractivity contribution in [3.8, 4) is 28.0 Å². The number of halogens is 8. The predicted molar refractivity (Wildman–Crippen MR) is 182 cm³/mol. The Balaban J connectivity index is 1.31. The topological polar surface area (TPSA) is 43.4 Å². The summed E-state index contributed by atoms with van der Waals surface area (Å²) in [4.78, 5) is 0. The van der Waals surface area contributed by atoms with Crippen LogP contribution in [0.15, 0.2) is 140 Å². The van der Waals surface area contributed by atoms with Gasteiger partial charge in [-0.1, -0.05) is 121 Å². The first kappa shape index (κ1) is 35.2. The molecule has 0 aliphatic heterocycles. The van der Waals surface area contributed by atoms with Crippen molar-refractivity contribution in [2.45, 2.75) is 35.4 Å². The average Bonchev–Trinajstić information content (AvgIpc) is 3.42. The van der Waals surface area contributed by atoms with Crippen LogP contribution in [0.2, 0.25) is 0 Å². The van der Waals surface area contributed by atoms with E-state index in [1.54, 1.807) is 12.1 Å². The van der Waals surface area contributed by atoms with Crippen LogP contribution in [0.25, 0.3) is 33.0 Å². The number of rotatable bonds is 9. The maximum atomic E-state index is 14.5. The molecular weight excluding hydrogens is 712 g/mol. The summed E-state index contributed by atoms with van der Waals surface area (Å²) in [5.41, 5.74) is 7.08. The second-order valence-corrected chi connectivity index (χ2v) is 14.2. The molecule has 0 unspecified atom stereocenters.